The van der Waals surface area contributed by atoms with Crippen LogP contribution in [0.5, 0.6) is 5.75 Å². The third-order valence-corrected chi connectivity index (χ3v) is 4.32. The zero-order chi connectivity index (χ0) is 17.8. The van der Waals surface area contributed by atoms with Crippen LogP contribution in [-0.4, -0.2) is 22.1 Å². The van der Waals surface area contributed by atoms with Gasteiger partial charge in [-0.2, -0.15) is 0 Å². The van der Waals surface area contributed by atoms with Crippen molar-refractivity contribution in [1.82, 2.24) is 15.0 Å². The Morgan fingerprint density at radius 3 is 2.08 bits per heavy atom. The molecule has 3 aromatic carbocycles. The maximum atomic E-state index is 5.29. The van der Waals surface area contributed by atoms with Crippen LogP contribution in [0.4, 0.5) is 0 Å². The number of nitrogens with zero attached hydrogens (tertiary/aromatic N) is 3. The lowest BCUT2D eigenvalue weighted by Crippen LogP contribution is -2.04. The summed E-state index contributed by atoms with van der Waals surface area (Å²) in [5, 5.41) is 8.93. The van der Waals surface area contributed by atoms with Crippen molar-refractivity contribution in [1.29, 1.82) is 0 Å². The predicted molar refractivity (Wildman–Crippen MR) is 103 cm³/mol. The quantitative estimate of drug-likeness (QED) is 0.530. The van der Waals surface area contributed by atoms with Crippen molar-refractivity contribution < 1.29 is 4.74 Å². The molecule has 0 N–H and O–H groups in total. The molecule has 0 unspecified atom stereocenters. The van der Waals surface area contributed by atoms with Gasteiger partial charge in [0.1, 0.15) is 11.4 Å². The van der Waals surface area contributed by atoms with Crippen molar-refractivity contribution in [3.05, 3.63) is 90.5 Å². The van der Waals surface area contributed by atoms with Gasteiger partial charge in [0.2, 0.25) is 0 Å². The molecule has 0 bridgehead atoms. The Labute approximate surface area is 152 Å². The predicted octanol–water partition coefficient (Wildman–Crippen LogP) is 4.67. The van der Waals surface area contributed by atoms with Gasteiger partial charge in [0.25, 0.3) is 0 Å². The van der Waals surface area contributed by atoms with E-state index in [9.17, 15) is 0 Å². The van der Waals surface area contributed by atoms with E-state index < -0.39 is 0 Å². The van der Waals surface area contributed by atoms with E-state index in [2.05, 4.69) is 34.6 Å². The van der Waals surface area contributed by atoms with Crippen LogP contribution in [0.2, 0.25) is 0 Å². The monoisotopic (exact) mass is 341 g/mol. The number of benzene rings is 3. The molecule has 4 nitrogen and oxygen atoms in total. The molecule has 4 heteroatoms. The minimum atomic E-state index is 0.669. The van der Waals surface area contributed by atoms with Crippen molar-refractivity contribution in [2.45, 2.75) is 6.54 Å². The molecule has 0 atom stereocenters. The third-order valence-electron chi connectivity index (χ3n) is 4.32. The lowest BCUT2D eigenvalue weighted by molar-refractivity contribution is 0.415. The van der Waals surface area contributed by atoms with Crippen LogP contribution < -0.4 is 4.74 Å². The summed E-state index contributed by atoms with van der Waals surface area (Å²) in [5.41, 5.74) is 5.18. The topological polar surface area (TPSA) is 39.9 Å². The van der Waals surface area contributed by atoms with Crippen LogP contribution in [0.15, 0.2) is 84.9 Å². The third kappa shape index (κ3) is 3.22. The highest BCUT2D eigenvalue weighted by Crippen LogP contribution is 2.31. The highest BCUT2D eigenvalue weighted by molar-refractivity contribution is 5.78. The van der Waals surface area contributed by atoms with Gasteiger partial charge in [-0.05, 0) is 29.8 Å². The number of aromatic nitrogens is 3. The van der Waals surface area contributed by atoms with Crippen LogP contribution in [0, 0.1) is 0 Å². The fraction of sp³-hybridized carbons (Fsp3) is 0.0909. The van der Waals surface area contributed by atoms with Crippen LogP contribution in [0.1, 0.15) is 5.56 Å². The summed E-state index contributed by atoms with van der Waals surface area (Å²) < 4.78 is 7.25. The zero-order valence-corrected chi connectivity index (χ0v) is 14.5. The largest absolute Gasteiger partial charge is 0.497 e. The van der Waals surface area contributed by atoms with Crippen molar-refractivity contribution in [3.8, 4) is 28.3 Å². The fourth-order valence-electron chi connectivity index (χ4n) is 3.01. The second-order valence-corrected chi connectivity index (χ2v) is 6.02. The molecule has 0 fully saturated rings. The van der Waals surface area contributed by atoms with Crippen molar-refractivity contribution in [3.63, 3.8) is 0 Å². The van der Waals surface area contributed by atoms with Gasteiger partial charge in [-0.3, -0.25) is 0 Å². The van der Waals surface area contributed by atoms with Crippen molar-refractivity contribution in [2.75, 3.05) is 7.11 Å². The number of ether oxygens (including phenoxy) is 1. The SMILES string of the molecule is COc1ccc(-c2c(-c3ccccc3)nnn2Cc2ccccc2)cc1. The van der Waals surface area contributed by atoms with Crippen molar-refractivity contribution >= 4 is 0 Å². The van der Waals surface area contributed by atoms with Crippen LogP contribution in [0.25, 0.3) is 22.5 Å². The molecule has 1 aromatic heterocycles. The minimum absolute atomic E-state index is 0.669. The van der Waals surface area contributed by atoms with Gasteiger partial charge in [0.15, 0.2) is 0 Å². The molecular weight excluding hydrogens is 322 g/mol. The first-order valence-corrected chi connectivity index (χ1v) is 8.52. The molecule has 0 saturated heterocycles. The number of methoxy groups -OCH3 is 1. The Morgan fingerprint density at radius 2 is 1.42 bits per heavy atom. The van der Waals surface area contributed by atoms with Gasteiger partial charge >= 0.3 is 0 Å². The normalized spacial score (nSPS) is 10.7. The maximum absolute atomic E-state index is 5.29. The first-order valence-electron chi connectivity index (χ1n) is 8.52. The summed E-state index contributed by atoms with van der Waals surface area (Å²) in [5.74, 6) is 0.831. The molecule has 0 radical (unpaired) electrons. The summed E-state index contributed by atoms with van der Waals surface area (Å²) >= 11 is 0. The first kappa shape index (κ1) is 16.1. The fourth-order valence-corrected chi connectivity index (χ4v) is 3.01. The molecule has 0 aliphatic rings. The molecule has 128 valence electrons. The lowest BCUT2D eigenvalue weighted by Gasteiger charge is -2.10. The van der Waals surface area contributed by atoms with E-state index in [-0.39, 0.29) is 0 Å². The summed E-state index contributed by atoms with van der Waals surface area (Å²) in [6, 6.07) is 28.5. The highest BCUT2D eigenvalue weighted by Gasteiger charge is 2.17. The summed E-state index contributed by atoms with van der Waals surface area (Å²) in [7, 11) is 1.67. The van der Waals surface area contributed by atoms with Gasteiger partial charge in [-0.15, -0.1) is 5.10 Å². The Kier molecular flexibility index (Phi) is 4.48. The zero-order valence-electron chi connectivity index (χ0n) is 14.5. The molecule has 26 heavy (non-hydrogen) atoms. The van der Waals surface area contributed by atoms with Crippen LogP contribution in [0.3, 0.4) is 0 Å². The Bertz CT molecular complexity index is 977. The Morgan fingerprint density at radius 1 is 0.769 bits per heavy atom. The smallest absolute Gasteiger partial charge is 0.121 e. The average Bonchev–Trinajstić information content (AvgIpc) is 3.13. The summed E-state index contributed by atoms with van der Waals surface area (Å²) in [4.78, 5) is 0. The molecule has 4 rings (SSSR count). The van der Waals surface area contributed by atoms with E-state index in [0.29, 0.717) is 6.54 Å². The van der Waals surface area contributed by atoms with Gasteiger partial charge in [-0.1, -0.05) is 65.9 Å². The van der Waals surface area contributed by atoms with E-state index in [1.54, 1.807) is 7.11 Å². The van der Waals surface area contributed by atoms with E-state index in [4.69, 9.17) is 4.74 Å². The molecule has 0 amide bonds. The van der Waals surface area contributed by atoms with E-state index in [1.165, 1.54) is 5.56 Å². The number of hydrogen-bond donors (Lipinski definition) is 0. The maximum Gasteiger partial charge on any atom is 0.121 e. The molecule has 0 aliphatic carbocycles. The van der Waals surface area contributed by atoms with E-state index in [0.717, 1.165) is 28.3 Å². The molecule has 4 aromatic rings. The number of hydrogen-bond acceptors (Lipinski definition) is 3. The highest BCUT2D eigenvalue weighted by atomic mass is 16.5. The average molecular weight is 341 g/mol. The molecule has 0 spiro atoms. The second kappa shape index (κ2) is 7.23. The van der Waals surface area contributed by atoms with Gasteiger partial charge in [-0.25, -0.2) is 4.68 Å². The standard InChI is InChI=1S/C22H19N3O/c1-26-20-14-12-19(13-15-20)22-21(18-10-6-3-7-11-18)23-24-25(22)16-17-8-4-2-5-9-17/h2-15H,16H2,1H3. The van der Waals surface area contributed by atoms with Gasteiger partial charge in [0, 0.05) is 11.1 Å². The van der Waals surface area contributed by atoms with Crippen molar-refractivity contribution in [2.24, 2.45) is 0 Å². The van der Waals surface area contributed by atoms with Gasteiger partial charge in [0.05, 0.1) is 19.3 Å². The molecule has 0 aliphatic heterocycles. The minimum Gasteiger partial charge on any atom is -0.497 e. The molecule has 1 heterocycles. The van der Waals surface area contributed by atoms with Crippen LogP contribution >= 0.6 is 0 Å². The number of rotatable bonds is 5. The van der Waals surface area contributed by atoms with E-state index in [1.807, 2.05) is 65.3 Å². The Hall–Kier alpha value is -3.40. The van der Waals surface area contributed by atoms with Crippen LogP contribution in [-0.2, 0) is 6.54 Å². The Balaban J connectivity index is 1.82. The summed E-state index contributed by atoms with van der Waals surface area (Å²) in [6.07, 6.45) is 0. The van der Waals surface area contributed by atoms with Gasteiger partial charge < -0.3 is 4.74 Å². The second-order valence-electron chi connectivity index (χ2n) is 6.02. The molecule has 0 saturated carbocycles. The lowest BCUT2D eigenvalue weighted by atomic mass is 10.0. The van der Waals surface area contributed by atoms with E-state index >= 15 is 0 Å². The molecular formula is C22H19N3O. The first-order chi connectivity index (χ1) is 12.8. The summed E-state index contributed by atoms with van der Waals surface area (Å²) in [6.45, 7) is 0.669.